The second-order valence-electron chi connectivity index (χ2n) is 10.3. The summed E-state index contributed by atoms with van der Waals surface area (Å²) in [5.41, 5.74) is -2.56. The molecule has 3 aromatic heterocycles. The van der Waals surface area contributed by atoms with Gasteiger partial charge in [-0.25, -0.2) is 9.97 Å². The third-order valence-electron chi connectivity index (χ3n) is 7.31. The predicted octanol–water partition coefficient (Wildman–Crippen LogP) is 3.01. The van der Waals surface area contributed by atoms with Crippen LogP contribution < -0.4 is 26.2 Å². The Hall–Kier alpha value is -4.16. The molecule has 3 aliphatic heterocycles. The van der Waals surface area contributed by atoms with Crippen LogP contribution >= 0.6 is 0 Å². The standard InChI is InChI=1S/C17H19F4N5O3.C8H8F3N3O/c1-10-7-28-5-4-24(10)14-13(18)15(27)25-3-2-12(17(19,20)21)26(16(25)23-14)6-11-8-29-9-22-11;9-8(10,11)5-4-6(15)14-3-1-2-12-7(14)13-5/h8-10,12H,2-7H2,1H3;4H,1-3H2,(H,12,13)/t10-,12+;/m1./s1. The molecule has 0 saturated carbocycles. The highest BCUT2D eigenvalue weighted by Gasteiger charge is 2.47. The lowest BCUT2D eigenvalue weighted by Crippen LogP contribution is -2.53. The van der Waals surface area contributed by atoms with Crippen LogP contribution in [-0.2, 0) is 30.5 Å². The summed E-state index contributed by atoms with van der Waals surface area (Å²) >= 11 is 0. The molecule has 0 aliphatic carbocycles. The lowest BCUT2D eigenvalue weighted by molar-refractivity contribution is -0.153. The minimum Gasteiger partial charge on any atom is -0.451 e. The summed E-state index contributed by atoms with van der Waals surface area (Å²) in [6.45, 7) is 3.03. The number of rotatable bonds is 3. The first kappa shape index (κ1) is 31.3. The molecule has 1 saturated heterocycles. The van der Waals surface area contributed by atoms with Gasteiger partial charge in [-0.2, -0.15) is 35.7 Å². The van der Waals surface area contributed by atoms with Crippen LogP contribution in [0.2, 0.25) is 0 Å². The van der Waals surface area contributed by atoms with E-state index >= 15 is 0 Å². The van der Waals surface area contributed by atoms with Crippen molar-refractivity contribution < 1.29 is 39.9 Å². The molecular formula is C25H27F7N8O4. The Labute approximate surface area is 244 Å². The number of morpholine rings is 1. The van der Waals surface area contributed by atoms with E-state index in [2.05, 4.69) is 20.3 Å². The molecule has 0 unspecified atom stereocenters. The maximum absolute atomic E-state index is 14.8. The summed E-state index contributed by atoms with van der Waals surface area (Å²) in [4.78, 5) is 37.9. The number of nitrogens with zero attached hydrogens (tertiary/aromatic N) is 7. The van der Waals surface area contributed by atoms with Crippen molar-refractivity contribution in [2.45, 2.75) is 63.8 Å². The monoisotopic (exact) mass is 636 g/mol. The summed E-state index contributed by atoms with van der Waals surface area (Å²) in [5.74, 6) is -1.57. The zero-order valence-electron chi connectivity index (χ0n) is 23.2. The zero-order chi connectivity index (χ0) is 31.8. The number of hydrogen-bond acceptors (Lipinski definition) is 10. The number of nitrogens with one attached hydrogen (secondary N) is 1. The normalized spacial score (nSPS) is 20.3. The highest BCUT2D eigenvalue weighted by Crippen LogP contribution is 2.36. The summed E-state index contributed by atoms with van der Waals surface area (Å²) in [6, 6.07) is -1.64. The van der Waals surface area contributed by atoms with Crippen molar-refractivity contribution in [2.24, 2.45) is 0 Å². The van der Waals surface area contributed by atoms with E-state index in [9.17, 15) is 40.3 Å². The van der Waals surface area contributed by atoms with Gasteiger partial charge in [0.05, 0.1) is 31.5 Å². The molecular weight excluding hydrogens is 609 g/mol. The topological polar surface area (TPSA) is 124 Å². The first-order chi connectivity index (χ1) is 20.8. The molecule has 240 valence electrons. The third kappa shape index (κ3) is 6.36. The number of halogens is 7. The van der Waals surface area contributed by atoms with Crippen molar-refractivity contribution in [3.05, 3.63) is 56.6 Å². The van der Waals surface area contributed by atoms with Crippen LogP contribution in [0.1, 0.15) is 31.2 Å². The summed E-state index contributed by atoms with van der Waals surface area (Å²) in [5, 5.41) is 2.67. The Morgan fingerprint density at radius 3 is 2.50 bits per heavy atom. The maximum atomic E-state index is 14.8. The van der Waals surface area contributed by atoms with Crippen molar-refractivity contribution >= 4 is 17.7 Å². The average Bonchev–Trinajstić information content (AvgIpc) is 3.48. The minimum atomic E-state index is -4.58. The zero-order valence-corrected chi connectivity index (χ0v) is 23.2. The minimum absolute atomic E-state index is 0.000995. The lowest BCUT2D eigenvalue weighted by atomic mass is 10.1. The number of hydrogen-bond donors (Lipinski definition) is 1. The Morgan fingerprint density at radius 1 is 1.07 bits per heavy atom. The van der Waals surface area contributed by atoms with E-state index in [-0.39, 0.29) is 49.1 Å². The van der Waals surface area contributed by atoms with Crippen molar-refractivity contribution in [3.63, 3.8) is 0 Å². The molecule has 6 heterocycles. The van der Waals surface area contributed by atoms with Crippen LogP contribution in [0.4, 0.5) is 48.4 Å². The van der Waals surface area contributed by atoms with Crippen LogP contribution in [0.25, 0.3) is 0 Å². The molecule has 19 heteroatoms. The summed E-state index contributed by atoms with van der Waals surface area (Å²) in [6.07, 6.45) is -6.50. The predicted molar refractivity (Wildman–Crippen MR) is 140 cm³/mol. The van der Waals surface area contributed by atoms with Gasteiger partial charge in [0.1, 0.15) is 12.3 Å². The largest absolute Gasteiger partial charge is 0.451 e. The smallest absolute Gasteiger partial charge is 0.433 e. The van der Waals surface area contributed by atoms with Gasteiger partial charge in [0.25, 0.3) is 11.1 Å². The average molecular weight is 637 g/mol. The molecule has 1 fully saturated rings. The van der Waals surface area contributed by atoms with E-state index in [1.807, 2.05) is 0 Å². The van der Waals surface area contributed by atoms with Gasteiger partial charge in [0.15, 0.2) is 17.9 Å². The maximum Gasteiger partial charge on any atom is 0.433 e. The quantitative estimate of drug-likeness (QED) is 0.430. The molecule has 3 aliphatic rings. The highest BCUT2D eigenvalue weighted by atomic mass is 19.4. The lowest BCUT2D eigenvalue weighted by Gasteiger charge is -2.40. The van der Waals surface area contributed by atoms with Gasteiger partial charge in [-0.05, 0) is 19.8 Å². The van der Waals surface area contributed by atoms with Crippen molar-refractivity contribution in [1.82, 2.24) is 24.1 Å². The van der Waals surface area contributed by atoms with Crippen molar-refractivity contribution in [2.75, 3.05) is 41.4 Å². The molecule has 6 rings (SSSR count). The molecule has 2 atom stereocenters. The molecule has 0 amide bonds. The number of anilines is 3. The molecule has 0 spiro atoms. The first-order valence-corrected chi connectivity index (χ1v) is 13.5. The summed E-state index contributed by atoms with van der Waals surface area (Å²) in [7, 11) is 0. The Bertz CT molecular complexity index is 1590. The number of oxazole rings is 1. The van der Waals surface area contributed by atoms with Gasteiger partial charge in [0.2, 0.25) is 17.7 Å². The number of ether oxygens (including phenoxy) is 1. The van der Waals surface area contributed by atoms with Crippen LogP contribution in [-0.4, -0.2) is 68.6 Å². The first-order valence-electron chi connectivity index (χ1n) is 13.5. The van der Waals surface area contributed by atoms with Gasteiger partial charge < -0.3 is 24.3 Å². The highest BCUT2D eigenvalue weighted by molar-refractivity contribution is 5.49. The molecule has 3 aromatic rings. The van der Waals surface area contributed by atoms with Gasteiger partial charge in [-0.15, -0.1) is 0 Å². The molecule has 0 radical (unpaired) electrons. The van der Waals surface area contributed by atoms with E-state index in [4.69, 9.17) is 9.15 Å². The van der Waals surface area contributed by atoms with Crippen LogP contribution in [0.15, 0.2) is 32.7 Å². The van der Waals surface area contributed by atoms with Crippen molar-refractivity contribution in [3.8, 4) is 0 Å². The van der Waals surface area contributed by atoms with Gasteiger partial charge >= 0.3 is 12.4 Å². The second-order valence-corrected chi connectivity index (χ2v) is 10.3. The Kier molecular flexibility index (Phi) is 8.59. The Morgan fingerprint density at radius 2 is 1.84 bits per heavy atom. The van der Waals surface area contributed by atoms with E-state index in [0.717, 1.165) is 15.9 Å². The molecule has 12 nitrogen and oxygen atoms in total. The van der Waals surface area contributed by atoms with Crippen LogP contribution in [0, 0.1) is 5.82 Å². The number of fused-ring (bicyclic) bond motifs is 2. The summed E-state index contributed by atoms with van der Waals surface area (Å²) < 4.78 is 105. The molecule has 0 bridgehead atoms. The molecule has 1 N–H and O–H groups in total. The second kappa shape index (κ2) is 12.1. The third-order valence-corrected chi connectivity index (χ3v) is 7.31. The van der Waals surface area contributed by atoms with E-state index in [1.165, 1.54) is 10.8 Å². The van der Waals surface area contributed by atoms with Crippen LogP contribution in [0.3, 0.4) is 0 Å². The fourth-order valence-electron chi connectivity index (χ4n) is 5.16. The molecule has 0 aromatic carbocycles. The number of aromatic nitrogens is 5. The Balaban J connectivity index is 0.000000215. The molecule has 44 heavy (non-hydrogen) atoms. The number of alkyl halides is 6. The van der Waals surface area contributed by atoms with Gasteiger partial charge in [0, 0.05) is 32.2 Å². The van der Waals surface area contributed by atoms with E-state index in [0.29, 0.717) is 38.8 Å². The fourth-order valence-corrected chi connectivity index (χ4v) is 5.16. The van der Waals surface area contributed by atoms with Crippen molar-refractivity contribution in [1.29, 1.82) is 0 Å². The van der Waals surface area contributed by atoms with Gasteiger partial charge in [-0.1, -0.05) is 0 Å². The fraction of sp³-hybridized carbons (Fsp3) is 0.560. The van der Waals surface area contributed by atoms with Gasteiger partial charge in [-0.3, -0.25) is 18.7 Å². The van der Waals surface area contributed by atoms with Crippen LogP contribution in [0.5, 0.6) is 0 Å². The van der Waals surface area contributed by atoms with E-state index < -0.39 is 47.4 Å². The SMILES string of the molecule is C[C@@H]1COCCN1c1nc2n(c(=O)c1F)CC[C@@H](C(F)(F)F)N2Cc1cocn1.O=c1cc(C(F)(F)F)nc2n1CCCN2. The van der Waals surface area contributed by atoms with E-state index in [1.54, 1.807) is 11.8 Å².